The fraction of sp³-hybridized carbons (Fsp3) is 0.0566. The highest BCUT2D eigenvalue weighted by Crippen LogP contribution is 2.54. The van der Waals surface area contributed by atoms with Crippen LogP contribution in [-0.2, 0) is 5.41 Å². The normalized spacial score (nSPS) is 13.7. The fourth-order valence-corrected chi connectivity index (χ4v) is 15.0. The highest BCUT2D eigenvalue weighted by atomic mass is 28.3. The van der Waals surface area contributed by atoms with E-state index in [4.69, 9.17) is 14.4 Å². The van der Waals surface area contributed by atoms with Crippen LogP contribution in [0.3, 0.4) is 0 Å². The van der Waals surface area contributed by atoms with Gasteiger partial charge in [-0.3, -0.25) is 9.30 Å². The lowest BCUT2D eigenvalue weighted by molar-refractivity contribution is 0.602. The van der Waals surface area contributed by atoms with Crippen LogP contribution in [0.1, 0.15) is 25.0 Å². The Kier molecular flexibility index (Phi) is 7.23. The molecule has 1 aliphatic heterocycles. The van der Waals surface area contributed by atoms with Crippen molar-refractivity contribution in [3.05, 3.63) is 206 Å². The molecule has 0 radical (unpaired) electrons. The fourth-order valence-electron chi connectivity index (χ4n) is 10.2. The molecule has 4 aromatic heterocycles. The number of nitrogens with zero attached hydrogens (tertiary/aromatic N) is 4. The summed E-state index contributed by atoms with van der Waals surface area (Å²) in [5.74, 6) is 0.865. The number of hydrogen-bond acceptors (Lipinski definition) is 4. The number of para-hydroxylation sites is 2. The Morgan fingerprint density at radius 2 is 1.19 bits per heavy atom. The summed E-state index contributed by atoms with van der Waals surface area (Å²) in [7, 11) is -3.05. The second-order valence-electron chi connectivity index (χ2n) is 16.2. The highest BCUT2D eigenvalue weighted by molar-refractivity contribution is 7.20. The largest absolute Gasteiger partial charge is 0.456 e. The van der Waals surface area contributed by atoms with Gasteiger partial charge in [0.05, 0.1) is 16.9 Å². The maximum Gasteiger partial charge on any atom is 0.179 e. The summed E-state index contributed by atoms with van der Waals surface area (Å²) in [5, 5.41) is 11.0. The van der Waals surface area contributed by atoms with E-state index in [2.05, 4.69) is 193 Å². The van der Waals surface area contributed by atoms with Gasteiger partial charge in [0.25, 0.3) is 0 Å². The molecule has 0 unspecified atom stereocenters. The minimum absolute atomic E-state index is 0.401. The first-order valence-corrected chi connectivity index (χ1v) is 22.2. The smallest absolute Gasteiger partial charge is 0.179 e. The summed E-state index contributed by atoms with van der Waals surface area (Å²) in [6, 6.07) is 64.5. The molecule has 6 heteroatoms. The third kappa shape index (κ3) is 4.72. The summed E-state index contributed by atoms with van der Waals surface area (Å²) in [6.45, 7) is 4.68. The van der Waals surface area contributed by atoms with Crippen LogP contribution in [0.15, 0.2) is 199 Å². The van der Waals surface area contributed by atoms with Gasteiger partial charge in [-0.05, 0) is 74.2 Å². The molecule has 1 aliphatic rings. The van der Waals surface area contributed by atoms with Gasteiger partial charge in [-0.1, -0.05) is 147 Å². The lowest BCUT2D eigenvalue weighted by Gasteiger charge is -2.43. The Hall–Kier alpha value is -7.28. The molecule has 280 valence electrons. The molecule has 0 aliphatic carbocycles. The number of imidazole rings is 1. The Balaban J connectivity index is 1.18. The number of furan rings is 1. The molecule has 59 heavy (non-hydrogen) atoms. The van der Waals surface area contributed by atoms with Crippen LogP contribution in [0, 0.1) is 0 Å². The van der Waals surface area contributed by atoms with E-state index in [1.807, 2.05) is 24.5 Å². The monoisotopic (exact) mass is 774 g/mol. The lowest BCUT2D eigenvalue weighted by Crippen LogP contribution is -2.74. The van der Waals surface area contributed by atoms with Gasteiger partial charge in [0, 0.05) is 51.1 Å². The van der Waals surface area contributed by atoms with Crippen LogP contribution in [-0.4, -0.2) is 22.4 Å². The first-order chi connectivity index (χ1) is 29.0. The first-order valence-electron chi connectivity index (χ1n) is 20.2. The third-order valence-electron chi connectivity index (χ3n) is 12.8. The highest BCUT2D eigenvalue weighted by Gasteiger charge is 2.45. The van der Waals surface area contributed by atoms with Gasteiger partial charge in [0.1, 0.15) is 22.6 Å². The van der Waals surface area contributed by atoms with E-state index in [0.717, 1.165) is 61.2 Å². The van der Waals surface area contributed by atoms with Gasteiger partial charge in [0.2, 0.25) is 0 Å². The number of fused-ring (bicyclic) bond motifs is 12. The first kappa shape index (κ1) is 33.8. The average molecular weight is 775 g/mol. The lowest BCUT2D eigenvalue weighted by atomic mass is 9.73. The average Bonchev–Trinajstić information content (AvgIpc) is 3.94. The standard InChI is InChI=1S/C53H38N4OSi/c1-53(2)44-28-25-38(34-47(44)57(49-23-13-14-30-54-49)46-29-27-42-41-20-10-12-22-48(41)58-51(42)50(46)53)59(35-15-5-3-6-16-35,36-17-7-4-8-18-36)37-24-26-39-40-19-9-11-21-45(40)56-32-31-55-52(56)43(39)33-37/h3-34H,1-2H3. The van der Waals surface area contributed by atoms with Crippen molar-refractivity contribution >= 4 is 95.3 Å². The maximum absolute atomic E-state index is 6.78. The minimum Gasteiger partial charge on any atom is -0.456 e. The zero-order chi connectivity index (χ0) is 39.3. The predicted octanol–water partition coefficient (Wildman–Crippen LogP) is 10.4. The number of pyridine rings is 2. The topological polar surface area (TPSA) is 46.6 Å². The maximum atomic E-state index is 6.78. The van der Waals surface area contributed by atoms with E-state index in [9.17, 15) is 0 Å². The molecular weight excluding hydrogens is 737 g/mol. The van der Waals surface area contributed by atoms with Crippen LogP contribution in [0.4, 0.5) is 17.2 Å². The number of hydrogen-bond donors (Lipinski definition) is 0. The minimum atomic E-state index is -3.05. The van der Waals surface area contributed by atoms with Gasteiger partial charge >= 0.3 is 0 Å². The molecule has 0 bridgehead atoms. The Morgan fingerprint density at radius 3 is 1.97 bits per heavy atom. The molecule has 0 saturated carbocycles. The summed E-state index contributed by atoms with van der Waals surface area (Å²) in [6.07, 6.45) is 5.89. The zero-order valence-corrected chi connectivity index (χ0v) is 33.7. The molecule has 0 amide bonds. The van der Waals surface area contributed by atoms with E-state index in [0.29, 0.717) is 0 Å². The summed E-state index contributed by atoms with van der Waals surface area (Å²) in [5.41, 5.74) is 8.13. The van der Waals surface area contributed by atoms with Gasteiger partial charge < -0.3 is 4.42 Å². The van der Waals surface area contributed by atoms with Crippen molar-refractivity contribution in [3.63, 3.8) is 0 Å². The molecule has 11 aromatic rings. The van der Waals surface area contributed by atoms with E-state index in [1.165, 1.54) is 37.1 Å². The molecular formula is C53H38N4OSi. The molecule has 0 saturated heterocycles. The van der Waals surface area contributed by atoms with E-state index in [-0.39, 0.29) is 0 Å². The molecule has 0 fully saturated rings. The van der Waals surface area contributed by atoms with Crippen LogP contribution >= 0.6 is 0 Å². The van der Waals surface area contributed by atoms with Crippen molar-refractivity contribution in [2.45, 2.75) is 19.3 Å². The van der Waals surface area contributed by atoms with Crippen LogP contribution in [0.5, 0.6) is 0 Å². The van der Waals surface area contributed by atoms with E-state index >= 15 is 0 Å². The number of benzene rings is 7. The predicted molar refractivity (Wildman–Crippen MR) is 246 cm³/mol. The SMILES string of the molecule is CC1(C)c2ccc([Si](c3ccccc3)(c3ccccc3)c3ccc4c5ccccc5n5ccnc5c4c3)cc2N(c2ccccn2)c2ccc3c(oc4ccccc43)c21. The van der Waals surface area contributed by atoms with Crippen molar-refractivity contribution in [1.29, 1.82) is 0 Å². The molecule has 0 N–H and O–H groups in total. The molecule has 5 nitrogen and oxygen atoms in total. The van der Waals surface area contributed by atoms with Crippen molar-refractivity contribution in [3.8, 4) is 0 Å². The van der Waals surface area contributed by atoms with Crippen LogP contribution < -0.4 is 25.6 Å². The molecule has 12 rings (SSSR count). The number of anilines is 3. The number of aromatic nitrogens is 3. The molecule has 5 heterocycles. The second-order valence-corrected chi connectivity index (χ2v) is 20.0. The number of rotatable bonds is 5. The van der Waals surface area contributed by atoms with Gasteiger partial charge in [-0.2, -0.15) is 0 Å². The van der Waals surface area contributed by atoms with Crippen LogP contribution in [0.25, 0.3) is 49.3 Å². The van der Waals surface area contributed by atoms with E-state index in [1.54, 1.807) is 0 Å². The van der Waals surface area contributed by atoms with Gasteiger partial charge in [-0.15, -0.1) is 0 Å². The zero-order valence-electron chi connectivity index (χ0n) is 32.7. The second kappa shape index (κ2) is 12.6. The van der Waals surface area contributed by atoms with Gasteiger partial charge in [0.15, 0.2) is 8.07 Å². The molecule has 7 aromatic carbocycles. The van der Waals surface area contributed by atoms with Gasteiger partial charge in [-0.25, -0.2) is 9.97 Å². The molecule has 0 atom stereocenters. The summed E-state index contributed by atoms with van der Waals surface area (Å²) in [4.78, 5) is 12.3. The quantitative estimate of drug-likeness (QED) is 0.0993. The van der Waals surface area contributed by atoms with Crippen molar-refractivity contribution in [1.82, 2.24) is 14.4 Å². The van der Waals surface area contributed by atoms with Crippen molar-refractivity contribution < 1.29 is 4.42 Å². The van der Waals surface area contributed by atoms with Crippen molar-refractivity contribution in [2.75, 3.05) is 4.90 Å². The van der Waals surface area contributed by atoms with E-state index < -0.39 is 13.5 Å². The third-order valence-corrected chi connectivity index (χ3v) is 17.6. The summed E-state index contributed by atoms with van der Waals surface area (Å²) >= 11 is 0. The summed E-state index contributed by atoms with van der Waals surface area (Å²) < 4.78 is 9.01. The molecule has 0 spiro atoms. The Morgan fingerprint density at radius 1 is 0.508 bits per heavy atom. The Bertz CT molecular complexity index is 3390. The Labute approximate surface area is 342 Å². The van der Waals surface area contributed by atoms with Crippen molar-refractivity contribution in [2.24, 2.45) is 0 Å². The van der Waals surface area contributed by atoms with Crippen LogP contribution in [0.2, 0.25) is 0 Å².